The molecular formula is C28H38N8O4. The number of amides is 1. The maximum atomic E-state index is 13.1. The van der Waals surface area contributed by atoms with E-state index in [1.165, 1.54) is 7.11 Å². The molecule has 3 aromatic rings. The molecule has 1 saturated heterocycles. The lowest BCUT2D eigenvalue weighted by molar-refractivity contribution is -0.122. The van der Waals surface area contributed by atoms with E-state index in [1.807, 2.05) is 19.4 Å². The van der Waals surface area contributed by atoms with E-state index >= 15 is 0 Å². The smallest absolute Gasteiger partial charge is 0.254 e. The normalized spacial score (nSPS) is 19.6. The van der Waals surface area contributed by atoms with E-state index in [0.717, 1.165) is 36.8 Å². The zero-order valence-corrected chi connectivity index (χ0v) is 23.8. The molecule has 0 aromatic carbocycles. The van der Waals surface area contributed by atoms with Gasteiger partial charge in [-0.2, -0.15) is 10.1 Å². The van der Waals surface area contributed by atoms with Crippen LogP contribution < -0.4 is 15.0 Å². The van der Waals surface area contributed by atoms with Gasteiger partial charge in [-0.1, -0.05) is 20.8 Å². The maximum absolute atomic E-state index is 13.1. The minimum atomic E-state index is -0.145. The Morgan fingerprint density at radius 1 is 1.10 bits per heavy atom. The molecule has 1 saturated carbocycles. The standard InChI is InChI=1S/C28H38N8O4/c1-28(2,3)22-11-31-27(34-26(22)40-21-15-39-16-21)33-19-6-8-20(9-7-19)36(25(37)17-38-5)24-13-29-23(12-30-24)18-10-32-35(4)14-18/h10-14,19-21H,6-9,15-17H2,1-5H3,(H,31,33,34). The molecule has 40 heavy (non-hydrogen) atoms. The molecule has 0 spiro atoms. The molecule has 214 valence electrons. The lowest BCUT2D eigenvalue weighted by Gasteiger charge is -2.36. The molecule has 4 heterocycles. The minimum absolute atomic E-state index is 0.0130. The molecule has 1 aliphatic heterocycles. The van der Waals surface area contributed by atoms with Gasteiger partial charge in [-0.05, 0) is 31.1 Å². The van der Waals surface area contributed by atoms with Gasteiger partial charge < -0.3 is 19.5 Å². The molecule has 1 aliphatic carbocycles. The summed E-state index contributed by atoms with van der Waals surface area (Å²) in [5.41, 5.74) is 2.40. The molecule has 2 fully saturated rings. The van der Waals surface area contributed by atoms with Crippen molar-refractivity contribution in [1.82, 2.24) is 29.7 Å². The number of aryl methyl sites for hydroxylation is 1. The van der Waals surface area contributed by atoms with Crippen LogP contribution in [0.25, 0.3) is 11.3 Å². The van der Waals surface area contributed by atoms with Gasteiger partial charge in [0.1, 0.15) is 12.7 Å². The third-order valence-electron chi connectivity index (χ3n) is 7.26. The number of carbonyl (C=O) groups excluding carboxylic acids is 1. The topological polar surface area (TPSA) is 129 Å². The average molecular weight is 551 g/mol. The highest BCUT2D eigenvalue weighted by molar-refractivity contribution is 5.94. The number of ether oxygens (including phenoxy) is 3. The highest BCUT2D eigenvalue weighted by Crippen LogP contribution is 2.33. The molecule has 1 N–H and O–H groups in total. The number of anilines is 2. The van der Waals surface area contributed by atoms with Gasteiger partial charge in [-0.15, -0.1) is 0 Å². The third kappa shape index (κ3) is 6.39. The van der Waals surface area contributed by atoms with Crippen molar-refractivity contribution in [3.05, 3.63) is 36.5 Å². The number of methoxy groups -OCH3 is 1. The molecule has 0 bridgehead atoms. The maximum Gasteiger partial charge on any atom is 0.254 e. The van der Waals surface area contributed by atoms with E-state index in [1.54, 1.807) is 28.2 Å². The molecule has 0 unspecified atom stereocenters. The Labute approximate surface area is 234 Å². The van der Waals surface area contributed by atoms with Crippen LogP contribution in [0, 0.1) is 0 Å². The number of hydrogen-bond acceptors (Lipinski definition) is 10. The van der Waals surface area contributed by atoms with Gasteiger partial charge >= 0.3 is 0 Å². The zero-order valence-electron chi connectivity index (χ0n) is 23.8. The fourth-order valence-corrected chi connectivity index (χ4v) is 5.00. The SMILES string of the molecule is COCC(=O)N(c1cnc(-c2cnn(C)c2)cn1)C1CCC(Nc2ncc(C(C)(C)C)c(OC3COC3)n2)CC1. The second-order valence-electron chi connectivity index (χ2n) is 11.4. The van der Waals surface area contributed by atoms with Crippen molar-refractivity contribution in [1.29, 1.82) is 0 Å². The quantitative estimate of drug-likeness (QED) is 0.424. The Kier molecular flexibility index (Phi) is 8.27. The van der Waals surface area contributed by atoms with Crippen LogP contribution in [0.4, 0.5) is 11.8 Å². The summed E-state index contributed by atoms with van der Waals surface area (Å²) in [6.45, 7) is 7.50. The fraction of sp³-hybridized carbons (Fsp3) is 0.571. The van der Waals surface area contributed by atoms with E-state index in [-0.39, 0.29) is 36.1 Å². The lowest BCUT2D eigenvalue weighted by atomic mass is 9.88. The predicted octanol–water partition coefficient (Wildman–Crippen LogP) is 3.14. The Morgan fingerprint density at radius 3 is 2.45 bits per heavy atom. The van der Waals surface area contributed by atoms with Crippen molar-refractivity contribution < 1.29 is 19.0 Å². The van der Waals surface area contributed by atoms with Crippen LogP contribution in [0.1, 0.15) is 52.0 Å². The molecule has 0 radical (unpaired) electrons. The number of carbonyl (C=O) groups is 1. The van der Waals surface area contributed by atoms with Crippen LogP contribution in [-0.2, 0) is 26.7 Å². The van der Waals surface area contributed by atoms with Crippen LogP contribution >= 0.6 is 0 Å². The lowest BCUT2D eigenvalue weighted by Crippen LogP contribution is -2.46. The second kappa shape index (κ2) is 11.8. The summed E-state index contributed by atoms with van der Waals surface area (Å²) in [4.78, 5) is 33.3. The molecule has 5 rings (SSSR count). The van der Waals surface area contributed by atoms with E-state index in [2.05, 4.69) is 46.1 Å². The summed E-state index contributed by atoms with van der Waals surface area (Å²) in [7, 11) is 3.38. The summed E-state index contributed by atoms with van der Waals surface area (Å²) in [6, 6.07) is 0.163. The molecule has 1 amide bonds. The van der Waals surface area contributed by atoms with E-state index in [4.69, 9.17) is 19.2 Å². The Bertz CT molecular complexity index is 1290. The number of rotatable bonds is 9. The zero-order chi connectivity index (χ0) is 28.3. The summed E-state index contributed by atoms with van der Waals surface area (Å²) in [6.07, 6.45) is 12.1. The van der Waals surface area contributed by atoms with Gasteiger partial charge in [0.25, 0.3) is 5.91 Å². The van der Waals surface area contributed by atoms with Crippen molar-refractivity contribution in [3.8, 4) is 17.1 Å². The Balaban J connectivity index is 1.26. The van der Waals surface area contributed by atoms with Crippen LogP contribution in [0.2, 0.25) is 0 Å². The van der Waals surface area contributed by atoms with Gasteiger partial charge in [0.2, 0.25) is 11.8 Å². The molecule has 12 nitrogen and oxygen atoms in total. The molecule has 2 aliphatic rings. The Hall–Kier alpha value is -3.64. The van der Waals surface area contributed by atoms with Gasteiger partial charge in [-0.3, -0.25) is 19.4 Å². The van der Waals surface area contributed by atoms with Gasteiger partial charge in [-0.25, -0.2) is 9.97 Å². The Morgan fingerprint density at radius 2 is 1.88 bits per heavy atom. The average Bonchev–Trinajstić information content (AvgIpc) is 3.34. The first-order chi connectivity index (χ1) is 19.2. The predicted molar refractivity (Wildman–Crippen MR) is 149 cm³/mol. The van der Waals surface area contributed by atoms with Crippen molar-refractivity contribution in [2.75, 3.05) is 37.1 Å². The summed E-state index contributed by atoms with van der Waals surface area (Å²) < 4.78 is 18.3. The molecule has 12 heteroatoms. The summed E-state index contributed by atoms with van der Waals surface area (Å²) in [5, 5.41) is 7.69. The van der Waals surface area contributed by atoms with E-state index in [0.29, 0.717) is 36.6 Å². The third-order valence-corrected chi connectivity index (χ3v) is 7.26. The number of aromatic nitrogens is 6. The van der Waals surface area contributed by atoms with Crippen LogP contribution in [0.5, 0.6) is 5.88 Å². The van der Waals surface area contributed by atoms with Gasteiger partial charge in [0.05, 0.1) is 37.5 Å². The number of nitrogens with zero attached hydrogens (tertiary/aromatic N) is 7. The van der Waals surface area contributed by atoms with Gasteiger partial charge in [0, 0.05) is 49.8 Å². The van der Waals surface area contributed by atoms with Crippen LogP contribution in [0.15, 0.2) is 31.0 Å². The highest BCUT2D eigenvalue weighted by Gasteiger charge is 2.32. The monoisotopic (exact) mass is 550 g/mol. The fourth-order valence-electron chi connectivity index (χ4n) is 5.00. The molecular weight excluding hydrogens is 512 g/mol. The van der Waals surface area contributed by atoms with Crippen LogP contribution in [-0.4, -0.2) is 80.7 Å². The van der Waals surface area contributed by atoms with E-state index in [9.17, 15) is 4.79 Å². The van der Waals surface area contributed by atoms with Crippen LogP contribution in [0.3, 0.4) is 0 Å². The second-order valence-corrected chi connectivity index (χ2v) is 11.4. The molecule has 3 aromatic heterocycles. The van der Waals surface area contributed by atoms with Crippen molar-refractivity contribution in [3.63, 3.8) is 0 Å². The van der Waals surface area contributed by atoms with Crippen molar-refractivity contribution in [2.24, 2.45) is 7.05 Å². The van der Waals surface area contributed by atoms with Crippen molar-refractivity contribution in [2.45, 2.75) is 70.1 Å². The largest absolute Gasteiger partial charge is 0.469 e. The van der Waals surface area contributed by atoms with Gasteiger partial charge in [0.15, 0.2) is 5.82 Å². The van der Waals surface area contributed by atoms with E-state index < -0.39 is 0 Å². The number of hydrogen-bond donors (Lipinski definition) is 1. The summed E-state index contributed by atoms with van der Waals surface area (Å²) >= 11 is 0. The number of nitrogens with one attached hydrogen (secondary N) is 1. The summed E-state index contributed by atoms with van der Waals surface area (Å²) in [5.74, 6) is 1.55. The highest BCUT2D eigenvalue weighted by atomic mass is 16.6. The molecule has 0 atom stereocenters. The first-order valence-electron chi connectivity index (χ1n) is 13.7. The minimum Gasteiger partial charge on any atom is -0.469 e. The van der Waals surface area contributed by atoms with Crippen molar-refractivity contribution >= 4 is 17.7 Å². The first kappa shape index (κ1) is 27.9. The first-order valence-corrected chi connectivity index (χ1v) is 13.7.